The Kier molecular flexibility index (Phi) is 4.22. The summed E-state index contributed by atoms with van der Waals surface area (Å²) in [4.78, 5) is 4.62. The van der Waals surface area contributed by atoms with Gasteiger partial charge in [0.05, 0.1) is 18.8 Å². The van der Waals surface area contributed by atoms with Gasteiger partial charge in [0.2, 0.25) is 0 Å². The zero-order chi connectivity index (χ0) is 14.0. The molecule has 102 valence electrons. The van der Waals surface area contributed by atoms with Gasteiger partial charge < -0.3 is 10.5 Å². The Morgan fingerprint density at radius 3 is 2.58 bits per heavy atom. The van der Waals surface area contributed by atoms with E-state index in [2.05, 4.69) is 30.3 Å². The monoisotopic (exact) mass is 276 g/mol. The van der Waals surface area contributed by atoms with Gasteiger partial charge in [0.15, 0.2) is 0 Å². The minimum absolute atomic E-state index is 0.165. The highest BCUT2D eigenvalue weighted by Crippen LogP contribution is 2.28. The topological polar surface area (TPSA) is 48.1 Å². The predicted octanol–water partition coefficient (Wildman–Crippen LogP) is 3.63. The van der Waals surface area contributed by atoms with Gasteiger partial charge in [-0.25, -0.2) is 4.98 Å². The van der Waals surface area contributed by atoms with Crippen molar-refractivity contribution in [3.8, 4) is 5.75 Å². The van der Waals surface area contributed by atoms with Crippen molar-refractivity contribution in [3.05, 3.63) is 45.4 Å². The van der Waals surface area contributed by atoms with Crippen molar-refractivity contribution in [2.45, 2.75) is 32.7 Å². The number of thiazole rings is 1. The highest BCUT2D eigenvalue weighted by Gasteiger charge is 2.15. The fourth-order valence-electron chi connectivity index (χ4n) is 1.95. The first kappa shape index (κ1) is 14.0. The number of nitrogens with zero attached hydrogens (tertiary/aromatic N) is 1. The van der Waals surface area contributed by atoms with E-state index in [4.69, 9.17) is 10.5 Å². The number of methoxy groups -OCH3 is 1. The van der Waals surface area contributed by atoms with Gasteiger partial charge >= 0.3 is 0 Å². The van der Waals surface area contributed by atoms with Gasteiger partial charge in [-0.2, -0.15) is 0 Å². The molecule has 0 spiro atoms. The van der Waals surface area contributed by atoms with Crippen LogP contribution in [0.5, 0.6) is 5.75 Å². The maximum absolute atomic E-state index is 6.30. The van der Waals surface area contributed by atoms with E-state index in [1.165, 1.54) is 0 Å². The standard InChI is InChI=1S/C15H20N2OS/c1-9(2)12-8-19-15(17-12)14(16)11-5-6-13(18-4)10(3)7-11/h5-9,14H,16H2,1-4H3. The highest BCUT2D eigenvalue weighted by molar-refractivity contribution is 7.09. The van der Waals surface area contributed by atoms with E-state index in [9.17, 15) is 0 Å². The van der Waals surface area contributed by atoms with Crippen molar-refractivity contribution in [2.24, 2.45) is 5.73 Å². The number of benzene rings is 1. The summed E-state index contributed by atoms with van der Waals surface area (Å²) in [7, 11) is 1.68. The molecule has 1 heterocycles. The number of hydrogen-bond donors (Lipinski definition) is 1. The van der Waals surface area contributed by atoms with Crippen molar-refractivity contribution in [3.63, 3.8) is 0 Å². The predicted molar refractivity (Wildman–Crippen MR) is 80.0 cm³/mol. The molecule has 2 N–H and O–H groups in total. The number of nitrogens with two attached hydrogens (primary N) is 1. The zero-order valence-corrected chi connectivity index (χ0v) is 12.6. The van der Waals surface area contributed by atoms with Crippen LogP contribution in [0.2, 0.25) is 0 Å². The Bertz CT molecular complexity index is 563. The lowest BCUT2D eigenvalue weighted by Crippen LogP contribution is -2.12. The van der Waals surface area contributed by atoms with E-state index in [0.29, 0.717) is 5.92 Å². The van der Waals surface area contributed by atoms with Crippen molar-refractivity contribution in [2.75, 3.05) is 7.11 Å². The fourth-order valence-corrected chi connectivity index (χ4v) is 2.95. The molecule has 19 heavy (non-hydrogen) atoms. The summed E-state index contributed by atoms with van der Waals surface area (Å²) >= 11 is 1.63. The smallest absolute Gasteiger partial charge is 0.121 e. The molecule has 1 aromatic carbocycles. The van der Waals surface area contributed by atoms with E-state index in [1.807, 2.05) is 19.1 Å². The van der Waals surface area contributed by atoms with Crippen LogP contribution in [0.25, 0.3) is 0 Å². The Balaban J connectivity index is 2.27. The minimum Gasteiger partial charge on any atom is -0.496 e. The molecule has 0 aliphatic heterocycles. The summed E-state index contributed by atoms with van der Waals surface area (Å²) in [6, 6.07) is 5.87. The SMILES string of the molecule is COc1ccc(C(N)c2nc(C(C)C)cs2)cc1C. The number of hydrogen-bond acceptors (Lipinski definition) is 4. The van der Waals surface area contributed by atoms with Crippen LogP contribution >= 0.6 is 11.3 Å². The minimum atomic E-state index is -0.165. The normalized spacial score (nSPS) is 12.7. The summed E-state index contributed by atoms with van der Waals surface area (Å²) < 4.78 is 5.27. The van der Waals surface area contributed by atoms with Gasteiger partial charge in [0.1, 0.15) is 10.8 Å². The first-order valence-corrected chi connectivity index (χ1v) is 7.26. The molecule has 1 unspecified atom stereocenters. The second kappa shape index (κ2) is 5.72. The van der Waals surface area contributed by atoms with Crippen molar-refractivity contribution in [1.29, 1.82) is 0 Å². The van der Waals surface area contributed by atoms with Gasteiger partial charge in [-0.3, -0.25) is 0 Å². The maximum atomic E-state index is 6.30. The van der Waals surface area contributed by atoms with Crippen molar-refractivity contribution < 1.29 is 4.74 Å². The average Bonchev–Trinajstić information content (AvgIpc) is 2.87. The molecule has 0 aliphatic rings. The molecular weight excluding hydrogens is 256 g/mol. The summed E-state index contributed by atoms with van der Waals surface area (Å²) in [6.45, 7) is 6.31. The third kappa shape index (κ3) is 2.96. The lowest BCUT2D eigenvalue weighted by molar-refractivity contribution is 0.411. The number of ether oxygens (including phenoxy) is 1. The van der Waals surface area contributed by atoms with Crippen molar-refractivity contribution in [1.82, 2.24) is 4.98 Å². The number of aromatic nitrogens is 1. The molecule has 1 atom stereocenters. The molecule has 3 nitrogen and oxygen atoms in total. The second-order valence-electron chi connectivity index (χ2n) is 4.97. The lowest BCUT2D eigenvalue weighted by atomic mass is 10.0. The zero-order valence-electron chi connectivity index (χ0n) is 11.8. The highest BCUT2D eigenvalue weighted by atomic mass is 32.1. The molecule has 4 heteroatoms. The Labute approximate surface area is 118 Å². The van der Waals surface area contributed by atoms with Gasteiger partial charge in [-0.15, -0.1) is 11.3 Å². The molecule has 2 rings (SSSR count). The van der Waals surface area contributed by atoms with Crippen LogP contribution in [0.15, 0.2) is 23.6 Å². The molecule has 0 amide bonds. The van der Waals surface area contributed by atoms with Crippen LogP contribution in [0.3, 0.4) is 0 Å². The van der Waals surface area contributed by atoms with Gasteiger partial charge in [-0.1, -0.05) is 26.0 Å². The van der Waals surface area contributed by atoms with E-state index in [1.54, 1.807) is 18.4 Å². The molecule has 0 saturated heterocycles. The van der Waals surface area contributed by atoms with Crippen LogP contribution in [0.4, 0.5) is 0 Å². The number of aryl methyl sites for hydroxylation is 1. The third-order valence-corrected chi connectivity index (χ3v) is 4.12. The Hall–Kier alpha value is -1.39. The van der Waals surface area contributed by atoms with Gasteiger partial charge in [0, 0.05) is 5.38 Å². The number of rotatable bonds is 4. The average molecular weight is 276 g/mol. The van der Waals surface area contributed by atoms with Crippen LogP contribution < -0.4 is 10.5 Å². The van der Waals surface area contributed by atoms with E-state index in [-0.39, 0.29) is 6.04 Å². The Morgan fingerprint density at radius 2 is 2.05 bits per heavy atom. The molecule has 0 radical (unpaired) electrons. The van der Waals surface area contributed by atoms with Crippen LogP contribution in [-0.2, 0) is 0 Å². The van der Waals surface area contributed by atoms with Gasteiger partial charge in [-0.05, 0) is 30.0 Å². The molecule has 0 bridgehead atoms. The van der Waals surface area contributed by atoms with Gasteiger partial charge in [0.25, 0.3) is 0 Å². The molecule has 0 aliphatic carbocycles. The Morgan fingerprint density at radius 1 is 1.32 bits per heavy atom. The third-order valence-electron chi connectivity index (χ3n) is 3.18. The molecule has 0 fully saturated rings. The molecule has 1 aromatic heterocycles. The van der Waals surface area contributed by atoms with E-state index < -0.39 is 0 Å². The van der Waals surface area contributed by atoms with Crippen molar-refractivity contribution >= 4 is 11.3 Å². The van der Waals surface area contributed by atoms with Crippen LogP contribution in [0, 0.1) is 6.92 Å². The summed E-state index contributed by atoms with van der Waals surface area (Å²) in [5.74, 6) is 1.33. The van der Waals surface area contributed by atoms with Crippen LogP contribution in [0.1, 0.15) is 47.6 Å². The maximum Gasteiger partial charge on any atom is 0.121 e. The quantitative estimate of drug-likeness (QED) is 0.927. The van der Waals surface area contributed by atoms with E-state index >= 15 is 0 Å². The molecule has 2 aromatic rings. The molecule has 0 saturated carbocycles. The molecular formula is C15H20N2OS. The summed E-state index contributed by atoms with van der Waals surface area (Å²) in [6.07, 6.45) is 0. The second-order valence-corrected chi connectivity index (χ2v) is 5.86. The largest absolute Gasteiger partial charge is 0.496 e. The first-order valence-electron chi connectivity index (χ1n) is 6.38. The van der Waals surface area contributed by atoms with Crippen LogP contribution in [-0.4, -0.2) is 12.1 Å². The first-order chi connectivity index (χ1) is 9.02. The fraction of sp³-hybridized carbons (Fsp3) is 0.400. The summed E-state index contributed by atoms with van der Waals surface area (Å²) in [5, 5.41) is 3.06. The lowest BCUT2D eigenvalue weighted by Gasteiger charge is -2.12. The summed E-state index contributed by atoms with van der Waals surface area (Å²) in [5.41, 5.74) is 9.57. The van der Waals surface area contributed by atoms with E-state index in [0.717, 1.165) is 27.6 Å².